The van der Waals surface area contributed by atoms with Crippen molar-refractivity contribution < 1.29 is 13.6 Å². The molecule has 0 N–H and O–H groups in total. The number of ether oxygens (including phenoxy) is 1. The average molecular weight is 449 g/mol. The molecule has 1 aromatic rings. The zero-order valence-corrected chi connectivity index (χ0v) is 23.7. The predicted molar refractivity (Wildman–Crippen MR) is 135 cm³/mol. The zero-order valence-electron chi connectivity index (χ0n) is 21.7. The Morgan fingerprint density at radius 2 is 1.30 bits per heavy atom. The molecule has 0 saturated heterocycles. The molecular formula is C25H44O3Si2. The lowest BCUT2D eigenvalue weighted by Crippen LogP contribution is -2.45. The van der Waals surface area contributed by atoms with E-state index >= 15 is 0 Å². The third-order valence-electron chi connectivity index (χ3n) is 7.46. The van der Waals surface area contributed by atoms with Crippen LogP contribution < -0.4 is 13.6 Å². The Labute approximate surface area is 187 Å². The molecule has 2 rings (SSSR count). The third kappa shape index (κ3) is 4.52. The van der Waals surface area contributed by atoms with Crippen LogP contribution in [0.3, 0.4) is 0 Å². The fourth-order valence-electron chi connectivity index (χ4n) is 3.30. The van der Waals surface area contributed by atoms with Crippen molar-refractivity contribution in [1.82, 2.24) is 0 Å². The molecule has 1 atom stereocenters. The molecule has 1 aliphatic carbocycles. The second-order valence-electron chi connectivity index (χ2n) is 11.9. The van der Waals surface area contributed by atoms with Crippen LogP contribution in [0.5, 0.6) is 17.2 Å². The first-order valence-electron chi connectivity index (χ1n) is 11.2. The highest BCUT2D eigenvalue weighted by molar-refractivity contribution is 6.75. The SMILES string of the molecule is COc1c(C)c(O[Si](C)(C)C(C)(C)C)c2c(c1O[Si](C)(C)C(C)(C)C)[C@@H](C)CC=C2. The van der Waals surface area contributed by atoms with E-state index in [0.717, 1.165) is 29.2 Å². The summed E-state index contributed by atoms with van der Waals surface area (Å²) < 4.78 is 19.8. The van der Waals surface area contributed by atoms with Gasteiger partial charge in [0.15, 0.2) is 11.5 Å². The van der Waals surface area contributed by atoms with Gasteiger partial charge in [0.2, 0.25) is 0 Å². The minimum absolute atomic E-state index is 0.114. The van der Waals surface area contributed by atoms with E-state index in [1.807, 2.05) is 0 Å². The molecule has 30 heavy (non-hydrogen) atoms. The van der Waals surface area contributed by atoms with Crippen molar-refractivity contribution in [2.75, 3.05) is 7.11 Å². The van der Waals surface area contributed by atoms with Gasteiger partial charge in [-0.15, -0.1) is 0 Å². The summed E-state index contributed by atoms with van der Waals surface area (Å²) in [6.07, 6.45) is 5.52. The number of fused-ring (bicyclic) bond motifs is 1. The molecule has 0 aromatic heterocycles. The first kappa shape index (κ1) is 25.1. The highest BCUT2D eigenvalue weighted by atomic mass is 28.4. The Bertz CT molecular complexity index is 825. The zero-order chi connectivity index (χ0) is 23.3. The van der Waals surface area contributed by atoms with E-state index < -0.39 is 16.6 Å². The van der Waals surface area contributed by atoms with E-state index in [-0.39, 0.29) is 10.1 Å². The van der Waals surface area contributed by atoms with Gasteiger partial charge < -0.3 is 13.6 Å². The standard InChI is InChI=1S/C25H44O3Si2/c1-17-15-14-16-19-20(17)23(28-30(12,13)25(6,7)8)22(26-9)18(2)21(19)27-29(10,11)24(3,4)5/h14,16-17H,15H2,1-13H3/t17-/m0/s1. The van der Waals surface area contributed by atoms with Crippen molar-refractivity contribution in [3.63, 3.8) is 0 Å². The Balaban J connectivity index is 2.79. The monoisotopic (exact) mass is 448 g/mol. The van der Waals surface area contributed by atoms with E-state index in [1.165, 1.54) is 11.1 Å². The van der Waals surface area contributed by atoms with Gasteiger partial charge in [0.05, 0.1) is 7.11 Å². The minimum atomic E-state index is -2.04. The fraction of sp³-hybridized carbons (Fsp3) is 0.680. The summed E-state index contributed by atoms with van der Waals surface area (Å²) in [6.45, 7) is 27.3. The van der Waals surface area contributed by atoms with Crippen molar-refractivity contribution in [2.24, 2.45) is 0 Å². The van der Waals surface area contributed by atoms with Crippen molar-refractivity contribution in [3.8, 4) is 17.2 Å². The lowest BCUT2D eigenvalue weighted by Gasteiger charge is -2.41. The van der Waals surface area contributed by atoms with Gasteiger partial charge in [-0.3, -0.25) is 0 Å². The van der Waals surface area contributed by atoms with Crippen molar-refractivity contribution >= 4 is 22.7 Å². The van der Waals surface area contributed by atoms with Crippen LogP contribution in [0.15, 0.2) is 6.08 Å². The average Bonchev–Trinajstić information content (AvgIpc) is 2.56. The highest BCUT2D eigenvalue weighted by Crippen LogP contribution is 2.53. The fourth-order valence-corrected chi connectivity index (χ4v) is 5.40. The Hall–Kier alpha value is -1.21. The molecule has 0 radical (unpaired) electrons. The molecular weight excluding hydrogens is 404 g/mol. The van der Waals surface area contributed by atoms with E-state index in [2.05, 4.69) is 93.7 Å². The van der Waals surface area contributed by atoms with Crippen LogP contribution in [0, 0.1) is 6.92 Å². The van der Waals surface area contributed by atoms with E-state index in [0.29, 0.717) is 5.92 Å². The van der Waals surface area contributed by atoms with Crippen LogP contribution >= 0.6 is 0 Å². The van der Waals surface area contributed by atoms with Crippen LogP contribution in [0.1, 0.15) is 77.5 Å². The number of methoxy groups -OCH3 is 1. The van der Waals surface area contributed by atoms with Crippen LogP contribution in [0.4, 0.5) is 0 Å². The van der Waals surface area contributed by atoms with Gasteiger partial charge in [0, 0.05) is 16.7 Å². The van der Waals surface area contributed by atoms with Crippen molar-refractivity contribution in [3.05, 3.63) is 22.8 Å². The maximum Gasteiger partial charge on any atom is 0.250 e. The molecule has 0 saturated carbocycles. The predicted octanol–water partition coefficient (Wildman–Crippen LogP) is 8.29. The summed E-state index contributed by atoms with van der Waals surface area (Å²) in [5, 5.41) is 0.239. The van der Waals surface area contributed by atoms with Crippen LogP contribution in [0.2, 0.25) is 36.3 Å². The van der Waals surface area contributed by atoms with Gasteiger partial charge in [-0.05, 0) is 55.5 Å². The molecule has 1 aliphatic rings. The molecule has 0 unspecified atom stereocenters. The van der Waals surface area contributed by atoms with Gasteiger partial charge in [-0.2, -0.15) is 0 Å². The normalized spacial score (nSPS) is 17.6. The molecule has 1 aromatic carbocycles. The van der Waals surface area contributed by atoms with Crippen molar-refractivity contribution in [1.29, 1.82) is 0 Å². The van der Waals surface area contributed by atoms with E-state index in [9.17, 15) is 0 Å². The smallest absolute Gasteiger partial charge is 0.250 e. The number of benzene rings is 1. The first-order valence-corrected chi connectivity index (χ1v) is 17.0. The summed E-state index contributed by atoms with van der Waals surface area (Å²) in [6, 6.07) is 0. The number of allylic oxidation sites excluding steroid dienone is 1. The molecule has 0 aliphatic heterocycles. The van der Waals surface area contributed by atoms with Gasteiger partial charge in [0.25, 0.3) is 16.6 Å². The molecule has 5 heteroatoms. The largest absolute Gasteiger partial charge is 0.543 e. The van der Waals surface area contributed by atoms with Gasteiger partial charge in [0.1, 0.15) is 5.75 Å². The second-order valence-corrected chi connectivity index (χ2v) is 21.4. The number of rotatable bonds is 5. The molecule has 0 bridgehead atoms. The van der Waals surface area contributed by atoms with Gasteiger partial charge >= 0.3 is 0 Å². The number of hydrogen-bond acceptors (Lipinski definition) is 3. The quantitative estimate of drug-likeness (QED) is 0.424. The highest BCUT2D eigenvalue weighted by Gasteiger charge is 2.43. The second kappa shape index (κ2) is 8.05. The van der Waals surface area contributed by atoms with Gasteiger partial charge in [-0.25, -0.2) is 0 Å². The van der Waals surface area contributed by atoms with Crippen LogP contribution in [0.25, 0.3) is 6.08 Å². The summed E-state index contributed by atoms with van der Waals surface area (Å²) in [5.74, 6) is 3.13. The molecule has 170 valence electrons. The summed E-state index contributed by atoms with van der Waals surface area (Å²) >= 11 is 0. The minimum Gasteiger partial charge on any atom is -0.543 e. The molecule has 0 spiro atoms. The van der Waals surface area contributed by atoms with Crippen LogP contribution in [-0.2, 0) is 0 Å². The lowest BCUT2D eigenvalue weighted by atomic mass is 9.85. The topological polar surface area (TPSA) is 27.7 Å². The molecule has 3 nitrogen and oxygen atoms in total. The maximum absolute atomic E-state index is 6.93. The van der Waals surface area contributed by atoms with Crippen molar-refractivity contribution in [2.45, 2.75) is 104 Å². The molecule has 0 heterocycles. The lowest BCUT2D eigenvalue weighted by molar-refractivity contribution is 0.375. The molecule has 0 fully saturated rings. The molecule has 0 amide bonds. The first-order chi connectivity index (χ1) is 13.4. The third-order valence-corrected chi connectivity index (χ3v) is 16.1. The van der Waals surface area contributed by atoms with Crippen LogP contribution in [-0.4, -0.2) is 23.7 Å². The van der Waals surface area contributed by atoms with E-state index in [4.69, 9.17) is 13.6 Å². The Morgan fingerprint density at radius 1 is 0.833 bits per heavy atom. The number of hydrogen-bond donors (Lipinski definition) is 0. The maximum atomic E-state index is 6.93. The Kier molecular flexibility index (Phi) is 6.72. The Morgan fingerprint density at radius 3 is 1.73 bits per heavy atom. The van der Waals surface area contributed by atoms with Gasteiger partial charge in [-0.1, -0.05) is 60.6 Å². The summed E-state index contributed by atoms with van der Waals surface area (Å²) in [4.78, 5) is 0. The summed E-state index contributed by atoms with van der Waals surface area (Å²) in [7, 11) is -2.29. The van der Waals surface area contributed by atoms with E-state index in [1.54, 1.807) is 7.11 Å². The summed E-state index contributed by atoms with van der Waals surface area (Å²) in [5.41, 5.74) is 3.48.